The number of nitrogens with one attached hydrogen (secondary N) is 1. The molecule has 126 valence electrons. The second-order valence-corrected chi connectivity index (χ2v) is 5.23. The highest BCUT2D eigenvalue weighted by atomic mass is 127. The van der Waals surface area contributed by atoms with Gasteiger partial charge in [-0.15, -0.1) is 24.0 Å². The Kier molecular flexibility index (Phi) is 11.0. The Hall–Kier alpha value is -1.02. The van der Waals surface area contributed by atoms with Gasteiger partial charge in [0.25, 0.3) is 0 Å². The molecule has 5 nitrogen and oxygen atoms in total. The number of likely N-dealkylation sites (N-methyl/N-ethyl adjacent to an activating group) is 1. The van der Waals surface area contributed by atoms with Crippen molar-refractivity contribution in [1.82, 2.24) is 10.2 Å². The van der Waals surface area contributed by atoms with Crippen molar-refractivity contribution in [3.63, 3.8) is 0 Å². The zero-order valence-corrected chi connectivity index (χ0v) is 16.3. The summed E-state index contributed by atoms with van der Waals surface area (Å²) < 4.78 is 5.44. The summed E-state index contributed by atoms with van der Waals surface area (Å²) in [5.41, 5.74) is 7.02. The van der Waals surface area contributed by atoms with Gasteiger partial charge in [0.15, 0.2) is 5.96 Å². The normalized spacial score (nSPS) is 12.7. The maximum atomic E-state index is 5.90. The Morgan fingerprint density at radius 2 is 2.05 bits per heavy atom. The van der Waals surface area contributed by atoms with Crippen LogP contribution in [0.2, 0.25) is 0 Å². The zero-order chi connectivity index (χ0) is 15.7. The molecule has 0 saturated heterocycles. The molecule has 0 aliphatic rings. The molecule has 0 aromatic heterocycles. The summed E-state index contributed by atoms with van der Waals surface area (Å²) in [6.45, 7) is 3.62. The van der Waals surface area contributed by atoms with E-state index in [2.05, 4.69) is 28.2 Å². The number of para-hydroxylation sites is 1. The van der Waals surface area contributed by atoms with Crippen LogP contribution in [0, 0.1) is 0 Å². The standard InChI is InChI=1S/C16H28N4O.HI/c1-5-6-11-18-16(17)19-12-14(20(2)3)13-9-7-8-10-15(13)21-4;/h7-10,14H,5-6,11-12H2,1-4H3,(H3,17,18,19);1H. The zero-order valence-electron chi connectivity index (χ0n) is 14.0. The topological polar surface area (TPSA) is 62.9 Å². The van der Waals surface area contributed by atoms with Crippen LogP contribution in [-0.4, -0.2) is 45.2 Å². The Labute approximate surface area is 151 Å². The van der Waals surface area contributed by atoms with Crippen LogP contribution in [0.4, 0.5) is 0 Å². The number of nitrogens with zero attached hydrogens (tertiary/aromatic N) is 2. The lowest BCUT2D eigenvalue weighted by Crippen LogP contribution is -2.33. The molecule has 0 saturated carbocycles. The highest BCUT2D eigenvalue weighted by Gasteiger charge is 2.17. The van der Waals surface area contributed by atoms with Crippen LogP contribution in [-0.2, 0) is 0 Å². The molecule has 0 fully saturated rings. The highest BCUT2D eigenvalue weighted by molar-refractivity contribution is 14.0. The number of unbranched alkanes of at least 4 members (excludes halogenated alkanes) is 1. The van der Waals surface area contributed by atoms with Gasteiger partial charge in [0.05, 0.1) is 19.7 Å². The molecule has 22 heavy (non-hydrogen) atoms. The van der Waals surface area contributed by atoms with Crippen molar-refractivity contribution in [2.75, 3.05) is 34.3 Å². The molecule has 6 heteroatoms. The smallest absolute Gasteiger partial charge is 0.188 e. The van der Waals surface area contributed by atoms with Gasteiger partial charge in [0.1, 0.15) is 5.75 Å². The maximum absolute atomic E-state index is 5.90. The predicted octanol–water partition coefficient (Wildman–Crippen LogP) is 2.62. The van der Waals surface area contributed by atoms with E-state index in [0.29, 0.717) is 12.5 Å². The second-order valence-electron chi connectivity index (χ2n) is 5.23. The molecule has 0 aliphatic heterocycles. The first kappa shape index (κ1) is 21.0. The van der Waals surface area contributed by atoms with Gasteiger partial charge >= 0.3 is 0 Å². The Morgan fingerprint density at radius 1 is 1.36 bits per heavy atom. The van der Waals surface area contributed by atoms with Gasteiger partial charge in [-0.1, -0.05) is 31.5 Å². The molecule has 1 rings (SSSR count). The van der Waals surface area contributed by atoms with E-state index < -0.39 is 0 Å². The van der Waals surface area contributed by atoms with Crippen LogP contribution in [0.25, 0.3) is 0 Å². The Bertz CT molecular complexity index is 452. The lowest BCUT2D eigenvalue weighted by Gasteiger charge is -2.25. The fraction of sp³-hybridized carbons (Fsp3) is 0.562. The quantitative estimate of drug-likeness (QED) is 0.294. The third kappa shape index (κ3) is 6.83. The molecule has 0 aliphatic carbocycles. The summed E-state index contributed by atoms with van der Waals surface area (Å²) in [5, 5.41) is 3.14. The minimum Gasteiger partial charge on any atom is -0.496 e. The number of nitrogens with two attached hydrogens (primary N) is 1. The van der Waals surface area contributed by atoms with E-state index in [1.165, 1.54) is 0 Å². The molecular formula is C16H29IN4O. The number of hydrogen-bond donors (Lipinski definition) is 2. The molecular weight excluding hydrogens is 391 g/mol. The Balaban J connectivity index is 0.00000441. The molecule has 0 spiro atoms. The van der Waals surface area contributed by atoms with Crippen molar-refractivity contribution in [1.29, 1.82) is 0 Å². The molecule has 0 heterocycles. The summed E-state index contributed by atoms with van der Waals surface area (Å²) in [6, 6.07) is 8.16. The average molecular weight is 420 g/mol. The fourth-order valence-corrected chi connectivity index (χ4v) is 2.12. The summed E-state index contributed by atoms with van der Waals surface area (Å²) >= 11 is 0. The van der Waals surface area contributed by atoms with Gasteiger partial charge in [-0.3, -0.25) is 4.99 Å². The molecule has 3 N–H and O–H groups in total. The summed E-state index contributed by atoms with van der Waals surface area (Å²) in [6.07, 6.45) is 2.24. The molecule has 0 amide bonds. The van der Waals surface area contributed by atoms with E-state index in [0.717, 1.165) is 30.7 Å². The number of ether oxygens (including phenoxy) is 1. The van der Waals surface area contributed by atoms with Crippen LogP contribution in [0.3, 0.4) is 0 Å². The van der Waals surface area contributed by atoms with E-state index in [1.807, 2.05) is 32.3 Å². The van der Waals surface area contributed by atoms with Crippen LogP contribution in [0.5, 0.6) is 5.75 Å². The summed E-state index contributed by atoms with van der Waals surface area (Å²) in [5.74, 6) is 1.38. The first-order valence-corrected chi connectivity index (χ1v) is 7.43. The molecule has 1 atom stereocenters. The van der Waals surface area contributed by atoms with E-state index in [1.54, 1.807) is 7.11 Å². The van der Waals surface area contributed by atoms with Crippen LogP contribution in [0.15, 0.2) is 29.3 Å². The molecule has 1 aromatic carbocycles. The van der Waals surface area contributed by atoms with Crippen LogP contribution >= 0.6 is 24.0 Å². The van der Waals surface area contributed by atoms with Gasteiger partial charge in [0.2, 0.25) is 0 Å². The van der Waals surface area contributed by atoms with Crippen molar-refractivity contribution in [2.45, 2.75) is 25.8 Å². The molecule has 0 bridgehead atoms. The van der Waals surface area contributed by atoms with Crippen molar-refractivity contribution >= 4 is 29.9 Å². The highest BCUT2D eigenvalue weighted by Crippen LogP contribution is 2.27. The third-order valence-electron chi connectivity index (χ3n) is 3.39. The minimum absolute atomic E-state index is 0. The number of guanidine groups is 1. The van der Waals surface area contributed by atoms with E-state index in [9.17, 15) is 0 Å². The number of hydrogen-bond acceptors (Lipinski definition) is 3. The summed E-state index contributed by atoms with van der Waals surface area (Å²) in [4.78, 5) is 6.58. The lowest BCUT2D eigenvalue weighted by atomic mass is 10.0. The summed E-state index contributed by atoms with van der Waals surface area (Å²) in [7, 11) is 5.76. The van der Waals surface area contributed by atoms with Gasteiger partial charge in [-0.25, -0.2) is 0 Å². The Morgan fingerprint density at radius 3 is 2.64 bits per heavy atom. The molecule has 1 aromatic rings. The third-order valence-corrected chi connectivity index (χ3v) is 3.39. The minimum atomic E-state index is 0. The maximum Gasteiger partial charge on any atom is 0.188 e. The average Bonchev–Trinajstić information content (AvgIpc) is 2.48. The van der Waals surface area contributed by atoms with Gasteiger partial charge in [-0.05, 0) is 26.6 Å². The molecule has 1 unspecified atom stereocenters. The van der Waals surface area contributed by atoms with E-state index in [4.69, 9.17) is 10.5 Å². The number of aliphatic imine (C=N–C) groups is 1. The first-order chi connectivity index (χ1) is 10.1. The number of halogens is 1. The number of methoxy groups -OCH3 is 1. The van der Waals surface area contributed by atoms with E-state index in [-0.39, 0.29) is 30.0 Å². The van der Waals surface area contributed by atoms with Gasteiger partial charge in [-0.2, -0.15) is 0 Å². The second kappa shape index (κ2) is 11.5. The van der Waals surface area contributed by atoms with Crippen molar-refractivity contribution < 1.29 is 4.74 Å². The van der Waals surface area contributed by atoms with Crippen molar-refractivity contribution in [2.24, 2.45) is 10.7 Å². The van der Waals surface area contributed by atoms with Crippen molar-refractivity contribution in [3.8, 4) is 5.75 Å². The van der Waals surface area contributed by atoms with Crippen LogP contribution < -0.4 is 15.8 Å². The molecule has 0 radical (unpaired) electrons. The lowest BCUT2D eigenvalue weighted by molar-refractivity contribution is 0.295. The first-order valence-electron chi connectivity index (χ1n) is 7.43. The number of rotatable bonds is 8. The van der Waals surface area contributed by atoms with E-state index >= 15 is 0 Å². The number of benzene rings is 1. The monoisotopic (exact) mass is 420 g/mol. The van der Waals surface area contributed by atoms with Crippen molar-refractivity contribution in [3.05, 3.63) is 29.8 Å². The van der Waals surface area contributed by atoms with Gasteiger partial charge < -0.3 is 20.7 Å². The largest absolute Gasteiger partial charge is 0.496 e. The fourth-order valence-electron chi connectivity index (χ4n) is 2.12. The SMILES string of the molecule is CCCCNC(N)=NCC(c1ccccc1OC)N(C)C.I. The van der Waals surface area contributed by atoms with Crippen LogP contribution in [0.1, 0.15) is 31.4 Å². The predicted molar refractivity (Wildman–Crippen MR) is 104 cm³/mol. The van der Waals surface area contributed by atoms with Gasteiger partial charge in [0, 0.05) is 12.1 Å².